The molecule has 7 nitrogen and oxygen atoms in total. The van der Waals surface area contributed by atoms with Gasteiger partial charge in [-0.3, -0.25) is 4.18 Å². The molecule has 118 valence electrons. The SMILES string of the molecule is CC(C)(C)[Si](C)(C)O[C@H](CCOS(C)(=O)=O)CN=[N+]=[N-]. The molecule has 0 aromatic heterocycles. The molecule has 20 heavy (non-hydrogen) atoms. The van der Waals surface area contributed by atoms with E-state index in [0.29, 0.717) is 6.42 Å². The first-order chi connectivity index (χ1) is 8.89. The van der Waals surface area contributed by atoms with Gasteiger partial charge in [-0.15, -0.1) is 0 Å². The third-order valence-corrected chi connectivity index (χ3v) is 8.48. The summed E-state index contributed by atoms with van der Waals surface area (Å²) >= 11 is 0. The van der Waals surface area contributed by atoms with E-state index in [1.807, 2.05) is 0 Å². The van der Waals surface area contributed by atoms with Gasteiger partial charge in [0.2, 0.25) is 0 Å². The molecule has 1 atom stereocenters. The van der Waals surface area contributed by atoms with Crippen molar-refractivity contribution in [1.82, 2.24) is 0 Å². The van der Waals surface area contributed by atoms with Crippen LogP contribution >= 0.6 is 0 Å². The summed E-state index contributed by atoms with van der Waals surface area (Å²) in [6.45, 7) is 10.7. The van der Waals surface area contributed by atoms with E-state index in [1.165, 1.54) is 0 Å². The highest BCUT2D eigenvalue weighted by atomic mass is 32.2. The van der Waals surface area contributed by atoms with Gasteiger partial charge in [0, 0.05) is 4.91 Å². The molecule has 0 saturated carbocycles. The third-order valence-electron chi connectivity index (χ3n) is 3.35. The minimum Gasteiger partial charge on any atom is -0.414 e. The van der Waals surface area contributed by atoms with E-state index in [4.69, 9.17) is 14.1 Å². The van der Waals surface area contributed by atoms with Crippen LogP contribution in [0.3, 0.4) is 0 Å². The summed E-state index contributed by atoms with van der Waals surface area (Å²) in [6.07, 6.45) is 1.05. The zero-order chi connectivity index (χ0) is 16.0. The van der Waals surface area contributed by atoms with Gasteiger partial charge in [-0.1, -0.05) is 25.9 Å². The maximum atomic E-state index is 10.9. The van der Waals surface area contributed by atoms with Crippen LogP contribution < -0.4 is 0 Å². The maximum absolute atomic E-state index is 10.9. The van der Waals surface area contributed by atoms with E-state index >= 15 is 0 Å². The first-order valence-corrected chi connectivity index (χ1v) is 11.1. The van der Waals surface area contributed by atoms with E-state index < -0.39 is 18.4 Å². The topological polar surface area (TPSA) is 101 Å². The molecule has 0 heterocycles. The van der Waals surface area contributed by atoms with Crippen LogP contribution in [0.15, 0.2) is 5.11 Å². The fourth-order valence-electron chi connectivity index (χ4n) is 1.24. The normalized spacial score (nSPS) is 14.7. The lowest BCUT2D eigenvalue weighted by Crippen LogP contribution is -2.45. The first-order valence-electron chi connectivity index (χ1n) is 6.42. The number of hydrogen-bond donors (Lipinski definition) is 0. The van der Waals surface area contributed by atoms with E-state index in [1.54, 1.807) is 0 Å². The van der Waals surface area contributed by atoms with Gasteiger partial charge in [-0.2, -0.15) is 8.42 Å². The molecule has 0 aliphatic rings. The number of azide groups is 1. The van der Waals surface area contributed by atoms with E-state index in [-0.39, 0.29) is 24.3 Å². The molecule has 0 amide bonds. The van der Waals surface area contributed by atoms with Crippen LogP contribution in [0.4, 0.5) is 0 Å². The van der Waals surface area contributed by atoms with Crippen molar-refractivity contribution in [3.8, 4) is 0 Å². The molecule has 0 spiro atoms. The highest BCUT2D eigenvalue weighted by Crippen LogP contribution is 2.37. The molecule has 0 aromatic rings. The summed E-state index contributed by atoms with van der Waals surface area (Å²) in [5.41, 5.74) is 8.41. The Balaban J connectivity index is 4.69. The lowest BCUT2D eigenvalue weighted by molar-refractivity contribution is 0.154. The van der Waals surface area contributed by atoms with Crippen molar-refractivity contribution in [2.45, 2.75) is 51.4 Å². The average Bonchev–Trinajstić information content (AvgIpc) is 2.21. The molecule has 0 saturated heterocycles. The van der Waals surface area contributed by atoms with Gasteiger partial charge >= 0.3 is 0 Å². The van der Waals surface area contributed by atoms with Crippen LogP contribution in [-0.2, 0) is 18.7 Å². The molecule has 0 unspecified atom stereocenters. The molecule has 0 fully saturated rings. The van der Waals surface area contributed by atoms with Gasteiger partial charge in [-0.25, -0.2) is 0 Å². The van der Waals surface area contributed by atoms with Crippen molar-refractivity contribution in [2.24, 2.45) is 5.11 Å². The fraction of sp³-hybridized carbons (Fsp3) is 1.00. The van der Waals surface area contributed by atoms with Gasteiger partial charge in [-0.05, 0) is 30.1 Å². The van der Waals surface area contributed by atoms with Crippen molar-refractivity contribution < 1.29 is 17.0 Å². The Hall–Kier alpha value is -0.603. The first kappa shape index (κ1) is 19.4. The smallest absolute Gasteiger partial charge is 0.264 e. The Labute approximate surface area is 122 Å². The molecule has 0 radical (unpaired) electrons. The summed E-state index contributed by atoms with van der Waals surface area (Å²) < 4.78 is 32.7. The Morgan fingerprint density at radius 1 is 1.35 bits per heavy atom. The summed E-state index contributed by atoms with van der Waals surface area (Å²) in [4.78, 5) is 2.73. The zero-order valence-electron chi connectivity index (χ0n) is 13.1. The predicted molar refractivity (Wildman–Crippen MR) is 81.5 cm³/mol. The van der Waals surface area contributed by atoms with E-state index in [0.717, 1.165) is 6.26 Å². The monoisotopic (exact) mass is 323 g/mol. The Bertz CT molecular complexity index is 453. The Kier molecular flexibility index (Phi) is 7.19. The summed E-state index contributed by atoms with van der Waals surface area (Å²) in [5.74, 6) is 0. The summed E-state index contributed by atoms with van der Waals surface area (Å²) in [5, 5.41) is 3.55. The van der Waals surface area contributed by atoms with E-state index in [2.05, 4.69) is 43.9 Å². The maximum Gasteiger partial charge on any atom is 0.264 e. The second kappa shape index (κ2) is 7.42. The molecule has 9 heteroatoms. The van der Waals surface area contributed by atoms with Gasteiger partial charge < -0.3 is 4.43 Å². The van der Waals surface area contributed by atoms with Crippen molar-refractivity contribution in [3.05, 3.63) is 10.4 Å². The largest absolute Gasteiger partial charge is 0.414 e. The second-order valence-corrected chi connectivity index (χ2v) is 12.6. The lowest BCUT2D eigenvalue weighted by Gasteiger charge is -2.39. The summed E-state index contributed by atoms with van der Waals surface area (Å²) in [6, 6.07) is 0. The molecule has 0 aromatic carbocycles. The molecule has 0 rings (SSSR count). The Morgan fingerprint density at radius 3 is 2.30 bits per heavy atom. The second-order valence-electron chi connectivity index (χ2n) is 6.23. The highest BCUT2D eigenvalue weighted by molar-refractivity contribution is 7.85. The number of rotatable bonds is 8. The number of hydrogen-bond acceptors (Lipinski definition) is 5. The average molecular weight is 323 g/mol. The van der Waals surface area contributed by atoms with Crippen LogP contribution in [0.2, 0.25) is 18.1 Å². The van der Waals surface area contributed by atoms with Crippen molar-refractivity contribution >= 4 is 18.4 Å². The van der Waals surface area contributed by atoms with Crippen LogP contribution in [-0.4, -0.2) is 42.2 Å². The minimum atomic E-state index is -3.46. The highest BCUT2D eigenvalue weighted by Gasteiger charge is 2.38. The van der Waals surface area contributed by atoms with Gasteiger partial charge in [0.25, 0.3) is 10.1 Å². The van der Waals surface area contributed by atoms with Crippen molar-refractivity contribution in [2.75, 3.05) is 19.4 Å². The van der Waals surface area contributed by atoms with Crippen LogP contribution in [0.1, 0.15) is 27.2 Å². The third kappa shape index (κ3) is 7.86. The fourth-order valence-corrected chi connectivity index (χ4v) is 3.02. The minimum absolute atomic E-state index is 0.0269. The van der Waals surface area contributed by atoms with Crippen LogP contribution in [0, 0.1) is 0 Å². The number of nitrogens with zero attached hydrogens (tertiary/aromatic N) is 3. The molecular formula is C11H25N3O4SSi. The van der Waals surface area contributed by atoms with Crippen molar-refractivity contribution in [1.29, 1.82) is 0 Å². The van der Waals surface area contributed by atoms with Gasteiger partial charge in [0.1, 0.15) is 0 Å². The quantitative estimate of drug-likeness (QED) is 0.225. The predicted octanol–water partition coefficient (Wildman–Crippen LogP) is 3.05. The Morgan fingerprint density at radius 2 is 1.90 bits per heavy atom. The standard InChI is InChI=1S/C11H25N3O4SSi/c1-11(2,3)20(5,6)18-10(9-13-14-12)7-8-17-19(4,15)16/h10H,7-9H2,1-6H3/t10-/m1/s1. The molecule has 0 N–H and O–H groups in total. The molecule has 0 aliphatic heterocycles. The lowest BCUT2D eigenvalue weighted by atomic mass is 10.2. The van der Waals surface area contributed by atoms with Crippen LogP contribution in [0.5, 0.6) is 0 Å². The van der Waals surface area contributed by atoms with Gasteiger partial charge in [0.15, 0.2) is 8.32 Å². The molecule has 0 bridgehead atoms. The molecule has 0 aliphatic carbocycles. The van der Waals surface area contributed by atoms with Crippen LogP contribution in [0.25, 0.3) is 10.4 Å². The van der Waals surface area contributed by atoms with Gasteiger partial charge in [0.05, 0.1) is 25.5 Å². The van der Waals surface area contributed by atoms with E-state index in [9.17, 15) is 8.42 Å². The summed E-state index contributed by atoms with van der Waals surface area (Å²) in [7, 11) is -5.46. The molecular weight excluding hydrogens is 298 g/mol. The zero-order valence-corrected chi connectivity index (χ0v) is 14.9. The van der Waals surface area contributed by atoms with Crippen molar-refractivity contribution in [3.63, 3.8) is 0 Å².